The summed E-state index contributed by atoms with van der Waals surface area (Å²) in [4.78, 5) is 4.36. The van der Waals surface area contributed by atoms with E-state index in [1.165, 1.54) is 12.1 Å². The van der Waals surface area contributed by atoms with Gasteiger partial charge in [-0.2, -0.15) is 0 Å². The Bertz CT molecular complexity index is 1330. The second-order valence-electron chi connectivity index (χ2n) is 8.83. The van der Waals surface area contributed by atoms with Crippen LogP contribution < -0.4 is 4.72 Å². The van der Waals surface area contributed by atoms with E-state index in [4.69, 9.17) is 16.3 Å². The van der Waals surface area contributed by atoms with E-state index in [0.29, 0.717) is 11.1 Å². The van der Waals surface area contributed by atoms with E-state index in [1.807, 2.05) is 42.5 Å². The molecule has 1 aliphatic heterocycles. The van der Waals surface area contributed by atoms with Crippen molar-refractivity contribution in [2.24, 2.45) is 4.99 Å². The third-order valence-electron chi connectivity index (χ3n) is 5.87. The Morgan fingerprint density at radius 2 is 1.71 bits per heavy atom. The van der Waals surface area contributed by atoms with Crippen LogP contribution in [0.2, 0.25) is 5.02 Å². The molecule has 3 aromatic carbocycles. The van der Waals surface area contributed by atoms with Crippen LogP contribution in [0.4, 0.5) is 4.39 Å². The number of nitrogens with zero attached hydrogens (tertiary/aromatic N) is 1. The molecule has 0 saturated carbocycles. The Labute approximate surface area is 209 Å². The lowest BCUT2D eigenvalue weighted by molar-refractivity contribution is 0.0759. The van der Waals surface area contributed by atoms with Crippen LogP contribution in [0.25, 0.3) is 11.1 Å². The largest absolute Gasteiger partial charge is 0.457 e. The number of aliphatic hydroxyl groups excluding tert-OH is 1. The molecule has 3 aromatic rings. The molecule has 1 fully saturated rings. The fraction of sp³-hybridized carbons (Fsp3) is 0.269. The van der Waals surface area contributed by atoms with Crippen molar-refractivity contribution in [1.29, 1.82) is 0 Å². The molecule has 2 N–H and O–H groups in total. The maximum absolute atomic E-state index is 14.0. The number of amidine groups is 1. The van der Waals surface area contributed by atoms with Gasteiger partial charge in [0.1, 0.15) is 16.7 Å². The van der Waals surface area contributed by atoms with Crippen molar-refractivity contribution >= 4 is 27.6 Å². The zero-order valence-corrected chi connectivity index (χ0v) is 20.9. The van der Waals surface area contributed by atoms with Gasteiger partial charge >= 0.3 is 0 Å². The van der Waals surface area contributed by atoms with E-state index in [2.05, 4.69) is 9.71 Å². The molecule has 0 aromatic heterocycles. The molecular weight excluding hydrogens is 491 g/mol. The predicted octanol–water partition coefficient (Wildman–Crippen LogP) is 5.40. The first kappa shape index (κ1) is 25.2. The fourth-order valence-corrected chi connectivity index (χ4v) is 6.34. The first-order valence-corrected chi connectivity index (χ1v) is 13.0. The van der Waals surface area contributed by atoms with Gasteiger partial charge in [0.15, 0.2) is 0 Å². The van der Waals surface area contributed by atoms with Crippen LogP contribution in [-0.2, 0) is 14.8 Å². The van der Waals surface area contributed by atoms with Gasteiger partial charge in [-0.1, -0.05) is 78.3 Å². The van der Waals surface area contributed by atoms with Crippen LogP contribution in [-0.4, -0.2) is 31.8 Å². The maximum Gasteiger partial charge on any atom is 0.299 e. The molecule has 0 bridgehead atoms. The smallest absolute Gasteiger partial charge is 0.299 e. The van der Waals surface area contributed by atoms with Gasteiger partial charge in [0.25, 0.3) is 6.02 Å². The summed E-state index contributed by atoms with van der Waals surface area (Å²) in [5.74, 6) is -0.628. The first-order valence-electron chi connectivity index (χ1n) is 11.1. The minimum Gasteiger partial charge on any atom is -0.457 e. The van der Waals surface area contributed by atoms with Crippen LogP contribution in [0.1, 0.15) is 42.7 Å². The quantitative estimate of drug-likeness (QED) is 0.459. The van der Waals surface area contributed by atoms with E-state index < -0.39 is 32.7 Å². The number of benzene rings is 3. The van der Waals surface area contributed by atoms with Gasteiger partial charge in [0.2, 0.25) is 10.0 Å². The molecule has 0 radical (unpaired) electrons. The second kappa shape index (κ2) is 9.97. The molecule has 1 saturated heterocycles. The van der Waals surface area contributed by atoms with Gasteiger partial charge in [0, 0.05) is 6.61 Å². The summed E-state index contributed by atoms with van der Waals surface area (Å²) in [7, 11) is -3.95. The number of rotatable bonds is 6. The first-order chi connectivity index (χ1) is 16.6. The third kappa shape index (κ3) is 5.34. The molecule has 35 heavy (non-hydrogen) atoms. The van der Waals surface area contributed by atoms with Crippen molar-refractivity contribution in [2.45, 2.75) is 37.2 Å². The lowest BCUT2D eigenvalue weighted by Gasteiger charge is -2.39. The van der Waals surface area contributed by atoms with Crippen LogP contribution in [0.15, 0.2) is 77.8 Å². The molecule has 9 heteroatoms. The van der Waals surface area contributed by atoms with E-state index in [-0.39, 0.29) is 24.1 Å². The lowest BCUT2D eigenvalue weighted by Crippen LogP contribution is -2.53. The Balaban J connectivity index is 1.65. The normalized spacial score (nSPS) is 20.6. The molecule has 2 unspecified atom stereocenters. The van der Waals surface area contributed by atoms with E-state index in [9.17, 15) is 17.9 Å². The molecule has 0 amide bonds. The number of sulfonamides is 1. The number of aliphatic hydroxyl groups is 1. The highest BCUT2D eigenvalue weighted by molar-refractivity contribution is 7.90. The lowest BCUT2D eigenvalue weighted by atomic mass is 9.95. The third-order valence-corrected chi connectivity index (χ3v) is 8.19. The highest BCUT2D eigenvalue weighted by Crippen LogP contribution is 2.40. The predicted molar refractivity (Wildman–Crippen MR) is 135 cm³/mol. The van der Waals surface area contributed by atoms with Crippen LogP contribution >= 0.6 is 11.6 Å². The van der Waals surface area contributed by atoms with Crippen molar-refractivity contribution in [3.8, 4) is 11.1 Å². The molecule has 6 nitrogen and oxygen atoms in total. The Hall–Kier alpha value is -2.94. The molecular formula is C26H26ClFN2O4S. The molecule has 1 aliphatic rings. The Morgan fingerprint density at radius 1 is 1.06 bits per heavy atom. The minimum absolute atomic E-state index is 0.0998. The van der Waals surface area contributed by atoms with Crippen LogP contribution in [0.5, 0.6) is 0 Å². The van der Waals surface area contributed by atoms with Gasteiger partial charge in [-0.25, -0.2) is 22.5 Å². The monoisotopic (exact) mass is 516 g/mol. The summed E-state index contributed by atoms with van der Waals surface area (Å²) >= 11 is 6.11. The molecule has 2 atom stereocenters. The number of ether oxygens (including phenoxy) is 1. The standard InChI is InChI=1S/C26H26ClFN2O4S/c1-26(2)24(19-13-11-18(12-14-19)17-7-4-3-5-8-17)35(32,33)30-25(34-26)29-22(15-16-31)20-9-6-10-21(28)23(20)27/h3-14,22,24,31H,15-16H2,1-2H3,(H,29,30). The van der Waals surface area contributed by atoms with E-state index >= 15 is 0 Å². The van der Waals surface area contributed by atoms with Crippen molar-refractivity contribution in [1.82, 2.24) is 4.72 Å². The van der Waals surface area contributed by atoms with E-state index in [0.717, 1.165) is 11.1 Å². The van der Waals surface area contributed by atoms with Gasteiger partial charge in [-0.3, -0.25) is 0 Å². The van der Waals surface area contributed by atoms with Gasteiger partial charge in [-0.05, 0) is 48.6 Å². The highest BCUT2D eigenvalue weighted by Gasteiger charge is 2.48. The SMILES string of the molecule is CC1(C)OC(=NC(CCO)c2cccc(F)c2Cl)NS(=O)(=O)C1c1ccc(-c2ccccc2)cc1. The van der Waals surface area contributed by atoms with E-state index in [1.54, 1.807) is 32.0 Å². The van der Waals surface area contributed by atoms with Crippen LogP contribution in [0.3, 0.4) is 0 Å². The summed E-state index contributed by atoms with van der Waals surface area (Å²) in [5.41, 5.74) is 1.72. The molecule has 4 rings (SSSR count). The topological polar surface area (TPSA) is 88.0 Å². The number of halogens is 2. The van der Waals surface area contributed by atoms with Crippen molar-refractivity contribution in [3.05, 3.63) is 94.8 Å². The molecule has 184 valence electrons. The fourth-order valence-electron chi connectivity index (χ4n) is 4.32. The zero-order chi connectivity index (χ0) is 25.2. The average molecular weight is 517 g/mol. The second-order valence-corrected chi connectivity index (χ2v) is 11.0. The average Bonchev–Trinajstić information content (AvgIpc) is 2.80. The number of hydrogen-bond donors (Lipinski definition) is 2. The Kier molecular flexibility index (Phi) is 7.17. The Morgan fingerprint density at radius 3 is 2.34 bits per heavy atom. The summed E-state index contributed by atoms with van der Waals surface area (Å²) in [5, 5.41) is 8.36. The molecule has 0 spiro atoms. The molecule has 1 heterocycles. The maximum atomic E-state index is 14.0. The van der Waals surface area contributed by atoms with Crippen molar-refractivity contribution < 1.29 is 22.7 Å². The summed E-state index contributed by atoms with van der Waals surface area (Å²) in [6.45, 7) is 3.08. The number of nitrogens with one attached hydrogen (secondary N) is 1. The zero-order valence-electron chi connectivity index (χ0n) is 19.3. The van der Waals surface area contributed by atoms with Crippen molar-refractivity contribution in [3.63, 3.8) is 0 Å². The summed E-state index contributed by atoms with van der Waals surface area (Å²) in [6.07, 6.45) is 0.0998. The van der Waals surface area contributed by atoms with Crippen molar-refractivity contribution in [2.75, 3.05) is 6.61 Å². The summed E-state index contributed by atoms with van der Waals surface area (Å²) < 4.78 is 49.1. The minimum atomic E-state index is -3.95. The van der Waals surface area contributed by atoms with Gasteiger partial charge in [-0.15, -0.1) is 0 Å². The van der Waals surface area contributed by atoms with Gasteiger partial charge in [0.05, 0.1) is 11.1 Å². The number of aliphatic imine (C=N–C) groups is 1. The summed E-state index contributed by atoms with van der Waals surface area (Å²) in [6, 6.07) is 20.3. The number of hydrogen-bond acceptors (Lipinski definition) is 5. The van der Waals surface area contributed by atoms with Crippen LogP contribution in [0, 0.1) is 5.82 Å². The highest BCUT2D eigenvalue weighted by atomic mass is 35.5. The molecule has 0 aliphatic carbocycles. The van der Waals surface area contributed by atoms with Gasteiger partial charge < -0.3 is 9.84 Å².